The number of amides is 3. The second-order valence-corrected chi connectivity index (χ2v) is 6.55. The minimum absolute atomic E-state index is 0.353. The van der Waals surface area contributed by atoms with Gasteiger partial charge in [-0.15, -0.1) is 0 Å². The van der Waals surface area contributed by atoms with Crippen LogP contribution in [0.2, 0.25) is 0 Å². The van der Waals surface area contributed by atoms with Crippen molar-refractivity contribution in [2.24, 2.45) is 11.8 Å². The van der Waals surface area contributed by atoms with Crippen LogP contribution >= 0.6 is 0 Å². The lowest BCUT2D eigenvalue weighted by atomic mass is 9.85. The number of nitrogens with zero attached hydrogens (tertiary/aromatic N) is 1. The van der Waals surface area contributed by atoms with Gasteiger partial charge in [0, 0.05) is 5.69 Å². The van der Waals surface area contributed by atoms with Crippen LogP contribution in [-0.2, 0) is 23.9 Å². The fourth-order valence-electron chi connectivity index (χ4n) is 3.22. The normalized spacial score (nSPS) is 22.4. The van der Waals surface area contributed by atoms with Crippen molar-refractivity contribution in [1.82, 2.24) is 4.90 Å². The van der Waals surface area contributed by atoms with E-state index in [1.165, 1.54) is 31.2 Å². The molecular weight excluding hydrogens is 355 g/mol. The number of carbonyl (C=O) groups excluding carboxylic acids is 4. The number of carbonyl (C=O) groups is 4. The maximum absolute atomic E-state index is 12.9. The van der Waals surface area contributed by atoms with Crippen molar-refractivity contribution in [2.45, 2.75) is 25.9 Å². The van der Waals surface area contributed by atoms with E-state index in [0.29, 0.717) is 18.5 Å². The lowest BCUT2D eigenvalue weighted by molar-refractivity contribution is -0.158. The number of fused-ring (bicyclic) bond motifs is 1. The summed E-state index contributed by atoms with van der Waals surface area (Å²) in [5.41, 5.74) is 0.353. The van der Waals surface area contributed by atoms with Crippen molar-refractivity contribution in [2.75, 3.05) is 11.9 Å². The van der Waals surface area contributed by atoms with Gasteiger partial charge < -0.3 is 10.1 Å². The maximum atomic E-state index is 12.9. The second-order valence-electron chi connectivity index (χ2n) is 6.55. The van der Waals surface area contributed by atoms with E-state index in [1.54, 1.807) is 0 Å². The molecule has 3 rings (SSSR count). The molecule has 1 aromatic rings. The summed E-state index contributed by atoms with van der Waals surface area (Å²) in [5, 5.41) is 2.49. The average molecular weight is 374 g/mol. The van der Waals surface area contributed by atoms with Crippen molar-refractivity contribution in [3.63, 3.8) is 0 Å². The van der Waals surface area contributed by atoms with Gasteiger partial charge in [-0.05, 0) is 44.0 Å². The molecule has 1 heterocycles. The van der Waals surface area contributed by atoms with Gasteiger partial charge in [0.1, 0.15) is 12.4 Å². The predicted molar refractivity (Wildman–Crippen MR) is 92.7 cm³/mol. The summed E-state index contributed by atoms with van der Waals surface area (Å²) in [6.45, 7) is 0.854. The molecule has 1 aliphatic carbocycles. The first-order valence-corrected chi connectivity index (χ1v) is 8.63. The lowest BCUT2D eigenvalue weighted by Gasteiger charge is -2.17. The van der Waals surface area contributed by atoms with Crippen LogP contribution < -0.4 is 5.32 Å². The van der Waals surface area contributed by atoms with Crippen LogP contribution in [0.1, 0.15) is 19.8 Å². The Kier molecular flexibility index (Phi) is 5.34. The predicted octanol–water partition coefficient (Wildman–Crippen LogP) is 1.65. The largest absolute Gasteiger partial charge is 0.451 e. The number of likely N-dealkylation sites (tertiary alicyclic amines) is 1. The third-order valence-electron chi connectivity index (χ3n) is 4.68. The zero-order valence-corrected chi connectivity index (χ0v) is 14.7. The molecule has 1 aliphatic heterocycles. The molecule has 142 valence electrons. The van der Waals surface area contributed by atoms with E-state index >= 15 is 0 Å². The number of anilines is 1. The number of esters is 1. The number of allylic oxidation sites excluding steroid dienone is 2. The molecule has 8 heteroatoms. The minimum Gasteiger partial charge on any atom is -0.451 e. The van der Waals surface area contributed by atoms with Gasteiger partial charge in [0.2, 0.25) is 11.8 Å². The highest BCUT2D eigenvalue weighted by Gasteiger charge is 2.47. The van der Waals surface area contributed by atoms with E-state index in [0.717, 1.165) is 4.90 Å². The lowest BCUT2D eigenvalue weighted by Crippen LogP contribution is -2.39. The molecule has 0 saturated carbocycles. The standard InChI is InChI=1S/C19H19FN2O5/c1-11(17(24)21-13-8-6-12(20)7-9-13)27-16(23)10-22-18(25)14-4-2-3-5-15(14)19(22)26/h2-3,6-9,11,14-15H,4-5,10H2,1H3,(H,21,24)/t11-,14-,15+/m1/s1. The van der Waals surface area contributed by atoms with Gasteiger partial charge in [0.15, 0.2) is 6.10 Å². The van der Waals surface area contributed by atoms with E-state index in [9.17, 15) is 23.6 Å². The molecule has 27 heavy (non-hydrogen) atoms. The Morgan fingerprint density at radius 3 is 2.26 bits per heavy atom. The Morgan fingerprint density at radius 1 is 1.15 bits per heavy atom. The molecular formula is C19H19FN2O5. The van der Waals surface area contributed by atoms with Crippen molar-refractivity contribution in [1.29, 1.82) is 0 Å². The van der Waals surface area contributed by atoms with Gasteiger partial charge in [-0.25, -0.2) is 4.39 Å². The van der Waals surface area contributed by atoms with Crippen molar-refractivity contribution in [3.8, 4) is 0 Å². The monoisotopic (exact) mass is 374 g/mol. The maximum Gasteiger partial charge on any atom is 0.326 e. The quantitative estimate of drug-likeness (QED) is 0.481. The zero-order chi connectivity index (χ0) is 19.6. The highest BCUT2D eigenvalue weighted by molar-refractivity contribution is 6.07. The first-order valence-electron chi connectivity index (χ1n) is 8.63. The number of imide groups is 1. The minimum atomic E-state index is -1.14. The fraction of sp³-hybridized carbons (Fsp3) is 0.368. The molecule has 2 aliphatic rings. The van der Waals surface area contributed by atoms with E-state index in [4.69, 9.17) is 4.74 Å². The Bertz CT molecular complexity index is 779. The molecule has 3 atom stereocenters. The first-order chi connectivity index (χ1) is 12.9. The molecule has 0 radical (unpaired) electrons. The van der Waals surface area contributed by atoms with Crippen molar-refractivity contribution >= 4 is 29.4 Å². The Hall–Kier alpha value is -3.03. The summed E-state index contributed by atoms with van der Waals surface area (Å²) in [6.07, 6.45) is 3.54. The smallest absolute Gasteiger partial charge is 0.326 e. The fourth-order valence-corrected chi connectivity index (χ4v) is 3.22. The summed E-state index contributed by atoms with van der Waals surface area (Å²) in [6, 6.07) is 5.12. The number of ether oxygens (including phenoxy) is 1. The van der Waals surface area contributed by atoms with E-state index in [1.807, 2.05) is 12.2 Å². The number of hydrogen-bond donors (Lipinski definition) is 1. The van der Waals surface area contributed by atoms with Gasteiger partial charge in [-0.1, -0.05) is 12.2 Å². The summed E-state index contributed by atoms with van der Waals surface area (Å²) in [4.78, 5) is 49.7. The van der Waals surface area contributed by atoms with Crippen LogP contribution in [0.25, 0.3) is 0 Å². The number of hydrogen-bond acceptors (Lipinski definition) is 5. The molecule has 3 amide bonds. The molecule has 0 bridgehead atoms. The Labute approximate surface area is 155 Å². The van der Waals surface area contributed by atoms with Gasteiger partial charge in [-0.3, -0.25) is 24.1 Å². The van der Waals surface area contributed by atoms with Gasteiger partial charge >= 0.3 is 5.97 Å². The van der Waals surface area contributed by atoms with Gasteiger partial charge in [-0.2, -0.15) is 0 Å². The number of rotatable bonds is 5. The van der Waals surface area contributed by atoms with Crippen LogP contribution in [0.15, 0.2) is 36.4 Å². The molecule has 1 N–H and O–H groups in total. The molecule has 0 unspecified atom stereocenters. The Balaban J connectivity index is 1.54. The first kappa shape index (κ1) is 18.8. The molecule has 0 spiro atoms. The summed E-state index contributed by atoms with van der Waals surface area (Å²) in [5.74, 6) is -3.49. The van der Waals surface area contributed by atoms with Crippen LogP contribution in [0.3, 0.4) is 0 Å². The van der Waals surface area contributed by atoms with Crippen LogP contribution in [0, 0.1) is 17.7 Å². The van der Waals surface area contributed by atoms with Crippen LogP contribution in [-0.4, -0.2) is 41.2 Å². The highest BCUT2D eigenvalue weighted by Crippen LogP contribution is 2.34. The number of benzene rings is 1. The third-order valence-corrected chi connectivity index (χ3v) is 4.68. The van der Waals surface area contributed by atoms with Crippen LogP contribution in [0.4, 0.5) is 10.1 Å². The molecule has 1 fully saturated rings. The summed E-state index contributed by atoms with van der Waals surface area (Å²) in [7, 11) is 0. The highest BCUT2D eigenvalue weighted by atomic mass is 19.1. The molecule has 1 saturated heterocycles. The third kappa shape index (κ3) is 4.05. The average Bonchev–Trinajstić information content (AvgIpc) is 2.89. The number of halogens is 1. The summed E-state index contributed by atoms with van der Waals surface area (Å²) < 4.78 is 17.9. The van der Waals surface area contributed by atoms with Crippen LogP contribution in [0.5, 0.6) is 0 Å². The van der Waals surface area contributed by atoms with E-state index in [2.05, 4.69) is 5.32 Å². The van der Waals surface area contributed by atoms with Gasteiger partial charge in [0.05, 0.1) is 11.8 Å². The van der Waals surface area contributed by atoms with Crippen molar-refractivity contribution < 1.29 is 28.3 Å². The Morgan fingerprint density at radius 2 is 1.70 bits per heavy atom. The van der Waals surface area contributed by atoms with E-state index in [-0.39, 0.29) is 11.8 Å². The second kappa shape index (κ2) is 7.69. The van der Waals surface area contributed by atoms with E-state index < -0.39 is 42.2 Å². The summed E-state index contributed by atoms with van der Waals surface area (Å²) >= 11 is 0. The zero-order valence-electron chi connectivity index (χ0n) is 14.7. The van der Waals surface area contributed by atoms with Crippen molar-refractivity contribution in [3.05, 3.63) is 42.2 Å². The molecule has 7 nitrogen and oxygen atoms in total. The molecule has 1 aromatic carbocycles. The SMILES string of the molecule is C[C@@H](OC(=O)CN1C(=O)[C@H]2CC=CC[C@H]2C1=O)C(=O)Nc1ccc(F)cc1. The van der Waals surface area contributed by atoms with Gasteiger partial charge in [0.25, 0.3) is 5.91 Å². The molecule has 0 aromatic heterocycles. The number of nitrogens with one attached hydrogen (secondary N) is 1. The topological polar surface area (TPSA) is 92.8 Å².